The van der Waals surface area contributed by atoms with Gasteiger partial charge in [0.25, 0.3) is 5.91 Å². The number of carbonyl (C=O) groups excluding carboxylic acids is 1. The number of benzene rings is 1. The summed E-state index contributed by atoms with van der Waals surface area (Å²) in [6, 6.07) is 5.82. The predicted molar refractivity (Wildman–Crippen MR) is 86.9 cm³/mol. The normalized spacial score (nSPS) is 18.7. The quantitative estimate of drug-likeness (QED) is 0.739. The van der Waals surface area contributed by atoms with Crippen molar-refractivity contribution < 1.29 is 22.4 Å². The highest BCUT2D eigenvalue weighted by Gasteiger charge is 2.37. The lowest BCUT2D eigenvalue weighted by atomic mass is 10.0. The smallest absolute Gasteiger partial charge is 0.330 e. The topological polar surface area (TPSA) is 38.1 Å². The first kappa shape index (κ1) is 18.4. The number of carbonyl (C=O) groups is 1. The molecule has 0 aliphatic carbocycles. The Kier molecular flexibility index (Phi) is 5.02. The van der Waals surface area contributed by atoms with E-state index in [1.165, 1.54) is 29.9 Å². The number of halogens is 4. The molecule has 1 aliphatic rings. The van der Waals surface area contributed by atoms with E-state index in [0.29, 0.717) is 18.7 Å². The highest BCUT2D eigenvalue weighted by atomic mass is 19.4. The maximum atomic E-state index is 13.5. The van der Waals surface area contributed by atoms with Crippen molar-refractivity contribution in [2.24, 2.45) is 7.05 Å². The third-order valence-electron chi connectivity index (χ3n) is 4.63. The fraction of sp³-hybridized carbons (Fsp3) is 0.444. The zero-order valence-corrected chi connectivity index (χ0v) is 14.3. The summed E-state index contributed by atoms with van der Waals surface area (Å²) >= 11 is 0. The Morgan fingerprint density at radius 3 is 2.62 bits per heavy atom. The monoisotopic (exact) mass is 369 g/mol. The number of nitrogens with zero attached hydrogens (tertiary/aromatic N) is 3. The fourth-order valence-corrected chi connectivity index (χ4v) is 3.38. The Labute approximate surface area is 148 Å². The number of likely N-dealkylation sites (tertiary alicyclic amines) is 1. The van der Waals surface area contributed by atoms with E-state index in [1.807, 2.05) is 0 Å². The number of alkyl halides is 3. The van der Waals surface area contributed by atoms with E-state index in [4.69, 9.17) is 0 Å². The Morgan fingerprint density at radius 2 is 1.96 bits per heavy atom. The summed E-state index contributed by atoms with van der Waals surface area (Å²) in [5.41, 5.74) is -0.448. The van der Waals surface area contributed by atoms with Gasteiger partial charge < -0.3 is 4.90 Å². The molecule has 2 heterocycles. The van der Waals surface area contributed by atoms with Crippen LogP contribution in [-0.2, 0) is 13.2 Å². The molecule has 140 valence electrons. The second-order valence-corrected chi connectivity index (χ2v) is 6.45. The molecular formula is C18H19F4N3O. The standard InChI is InChI=1S/C18H19F4N3O/c1-24-15(11-16(23-24)18(20,21)22)14-8-3-2-4-9-25(14)17(26)12-6-5-7-13(19)10-12/h5-7,10-11,14H,2-4,8-9H2,1H3. The van der Waals surface area contributed by atoms with Crippen LogP contribution in [0.1, 0.15) is 53.5 Å². The van der Waals surface area contributed by atoms with Gasteiger partial charge in [-0.05, 0) is 37.1 Å². The van der Waals surface area contributed by atoms with Crippen LogP contribution in [0.4, 0.5) is 17.6 Å². The van der Waals surface area contributed by atoms with Crippen LogP contribution in [0, 0.1) is 5.82 Å². The van der Waals surface area contributed by atoms with Gasteiger partial charge in [-0.25, -0.2) is 4.39 Å². The lowest BCUT2D eigenvalue weighted by Crippen LogP contribution is -2.35. The van der Waals surface area contributed by atoms with Crippen LogP contribution in [-0.4, -0.2) is 27.1 Å². The molecule has 3 rings (SSSR count). The molecule has 0 spiro atoms. The summed E-state index contributed by atoms with van der Waals surface area (Å²) in [5, 5.41) is 3.56. The van der Waals surface area contributed by atoms with Crippen molar-refractivity contribution >= 4 is 5.91 Å². The highest BCUT2D eigenvalue weighted by Crippen LogP contribution is 2.35. The molecule has 1 fully saturated rings. The van der Waals surface area contributed by atoms with Gasteiger partial charge >= 0.3 is 6.18 Å². The summed E-state index contributed by atoms with van der Waals surface area (Å²) in [4.78, 5) is 14.5. The summed E-state index contributed by atoms with van der Waals surface area (Å²) in [6.07, 6.45) is -1.57. The Hall–Kier alpha value is -2.38. The number of amides is 1. The SMILES string of the molecule is Cn1nc(C(F)(F)F)cc1C1CCCCCN1C(=O)c1cccc(F)c1. The average Bonchev–Trinajstić information content (AvgIpc) is 2.82. The predicted octanol–water partition coefficient (Wildman–Crippen LogP) is 4.34. The van der Waals surface area contributed by atoms with Crippen LogP contribution in [0.5, 0.6) is 0 Å². The Bertz CT molecular complexity index is 800. The molecule has 2 aromatic rings. The minimum absolute atomic E-state index is 0.190. The maximum Gasteiger partial charge on any atom is 0.435 e. The third-order valence-corrected chi connectivity index (χ3v) is 4.63. The van der Waals surface area contributed by atoms with Crippen LogP contribution in [0.2, 0.25) is 0 Å². The number of rotatable bonds is 2. The van der Waals surface area contributed by atoms with Crippen LogP contribution >= 0.6 is 0 Å². The molecule has 0 bridgehead atoms. The van der Waals surface area contributed by atoms with Gasteiger partial charge in [-0.3, -0.25) is 9.48 Å². The van der Waals surface area contributed by atoms with Crippen molar-refractivity contribution in [1.82, 2.24) is 14.7 Å². The van der Waals surface area contributed by atoms with Crippen molar-refractivity contribution in [3.8, 4) is 0 Å². The first-order valence-electron chi connectivity index (χ1n) is 8.45. The molecule has 1 unspecified atom stereocenters. The van der Waals surface area contributed by atoms with Gasteiger partial charge in [0.2, 0.25) is 0 Å². The second kappa shape index (κ2) is 7.09. The van der Waals surface area contributed by atoms with E-state index in [9.17, 15) is 22.4 Å². The zero-order valence-electron chi connectivity index (χ0n) is 14.3. The Morgan fingerprint density at radius 1 is 1.19 bits per heavy atom. The van der Waals surface area contributed by atoms with Crippen LogP contribution in [0.25, 0.3) is 0 Å². The van der Waals surface area contributed by atoms with E-state index in [-0.39, 0.29) is 11.5 Å². The average molecular weight is 369 g/mol. The summed E-state index contributed by atoms with van der Waals surface area (Å²) in [5.74, 6) is -0.909. The van der Waals surface area contributed by atoms with Crippen LogP contribution < -0.4 is 0 Å². The largest absolute Gasteiger partial charge is 0.435 e. The minimum atomic E-state index is -4.54. The molecule has 0 saturated carbocycles. The van der Waals surface area contributed by atoms with Gasteiger partial charge in [-0.1, -0.05) is 18.9 Å². The van der Waals surface area contributed by atoms with Gasteiger partial charge in [-0.2, -0.15) is 18.3 Å². The number of aromatic nitrogens is 2. The molecule has 8 heteroatoms. The van der Waals surface area contributed by atoms with Gasteiger partial charge in [0.05, 0.1) is 11.7 Å². The first-order chi connectivity index (χ1) is 12.3. The summed E-state index contributed by atoms with van der Waals surface area (Å²) in [6.45, 7) is 0.409. The molecule has 1 atom stereocenters. The van der Waals surface area contributed by atoms with Gasteiger partial charge in [-0.15, -0.1) is 0 Å². The van der Waals surface area contributed by atoms with Crippen molar-refractivity contribution in [3.05, 3.63) is 53.1 Å². The fourth-order valence-electron chi connectivity index (χ4n) is 3.38. The van der Waals surface area contributed by atoms with E-state index in [1.54, 1.807) is 4.90 Å². The zero-order chi connectivity index (χ0) is 18.9. The summed E-state index contributed by atoms with van der Waals surface area (Å²) in [7, 11) is 1.44. The lowest BCUT2D eigenvalue weighted by molar-refractivity contribution is -0.141. The Balaban J connectivity index is 1.97. The molecule has 4 nitrogen and oxygen atoms in total. The summed E-state index contributed by atoms with van der Waals surface area (Å²) < 4.78 is 53.7. The molecule has 1 aromatic carbocycles. The maximum absolute atomic E-state index is 13.5. The highest BCUT2D eigenvalue weighted by molar-refractivity contribution is 5.94. The van der Waals surface area contributed by atoms with Crippen molar-refractivity contribution in [2.45, 2.75) is 37.9 Å². The van der Waals surface area contributed by atoms with E-state index in [2.05, 4.69) is 5.10 Å². The third kappa shape index (κ3) is 3.73. The van der Waals surface area contributed by atoms with E-state index in [0.717, 1.165) is 31.4 Å². The van der Waals surface area contributed by atoms with Gasteiger partial charge in [0.15, 0.2) is 5.69 Å². The van der Waals surface area contributed by atoms with Crippen LogP contribution in [0.3, 0.4) is 0 Å². The molecule has 1 aliphatic heterocycles. The van der Waals surface area contributed by atoms with Crippen molar-refractivity contribution in [1.29, 1.82) is 0 Å². The van der Waals surface area contributed by atoms with Gasteiger partial charge in [0, 0.05) is 19.2 Å². The van der Waals surface area contributed by atoms with E-state index >= 15 is 0 Å². The molecule has 1 saturated heterocycles. The molecule has 0 N–H and O–H groups in total. The molecule has 0 radical (unpaired) electrons. The second-order valence-electron chi connectivity index (χ2n) is 6.45. The number of aryl methyl sites for hydroxylation is 1. The molecular weight excluding hydrogens is 350 g/mol. The minimum Gasteiger partial charge on any atom is -0.330 e. The van der Waals surface area contributed by atoms with Gasteiger partial charge in [0.1, 0.15) is 5.82 Å². The number of hydrogen-bond acceptors (Lipinski definition) is 2. The van der Waals surface area contributed by atoms with Crippen molar-refractivity contribution in [3.63, 3.8) is 0 Å². The first-order valence-corrected chi connectivity index (χ1v) is 8.45. The molecule has 1 aromatic heterocycles. The lowest BCUT2D eigenvalue weighted by Gasteiger charge is -2.30. The van der Waals surface area contributed by atoms with Crippen molar-refractivity contribution in [2.75, 3.05) is 6.54 Å². The van der Waals surface area contributed by atoms with Crippen LogP contribution in [0.15, 0.2) is 30.3 Å². The molecule has 1 amide bonds. The number of hydrogen-bond donors (Lipinski definition) is 0. The van der Waals surface area contributed by atoms with E-state index < -0.39 is 23.7 Å². The molecule has 26 heavy (non-hydrogen) atoms.